The normalized spacial score (nSPS) is 12.1. The highest BCUT2D eigenvalue weighted by molar-refractivity contribution is 5.99. The van der Waals surface area contributed by atoms with Crippen molar-refractivity contribution in [2.45, 2.75) is 12.4 Å². The number of ketones is 1. The summed E-state index contributed by atoms with van der Waals surface area (Å²) >= 11 is 0. The van der Waals surface area contributed by atoms with E-state index in [-0.39, 0.29) is 29.2 Å². The molecule has 1 aromatic heterocycles. The zero-order valence-corrected chi connectivity index (χ0v) is 14.3. The molecule has 0 bridgehead atoms. The maximum absolute atomic E-state index is 12.7. The lowest BCUT2D eigenvalue weighted by Gasteiger charge is -2.10. The summed E-state index contributed by atoms with van der Waals surface area (Å²) in [5.41, 5.74) is -0.326. The van der Waals surface area contributed by atoms with Crippen LogP contribution in [0.2, 0.25) is 0 Å². The second kappa shape index (κ2) is 7.57. The summed E-state index contributed by atoms with van der Waals surface area (Å²) in [6, 6.07) is 9.75. The van der Waals surface area contributed by atoms with Crippen molar-refractivity contribution in [2.75, 3.05) is 11.9 Å². The SMILES string of the molecule is O=C(CNc1cccc(C(F)(F)F)c1)c1ccc(-c2noc(C(F)(F)F)n2)cc1. The van der Waals surface area contributed by atoms with Crippen LogP contribution in [0.15, 0.2) is 53.1 Å². The first-order chi connectivity index (χ1) is 13.5. The third-order valence-corrected chi connectivity index (χ3v) is 3.78. The van der Waals surface area contributed by atoms with Gasteiger partial charge in [0.2, 0.25) is 5.82 Å². The van der Waals surface area contributed by atoms with Gasteiger partial charge in [-0.1, -0.05) is 35.5 Å². The molecule has 0 amide bonds. The fourth-order valence-electron chi connectivity index (χ4n) is 2.35. The monoisotopic (exact) mass is 415 g/mol. The van der Waals surface area contributed by atoms with Crippen LogP contribution >= 0.6 is 0 Å². The number of anilines is 1. The Bertz CT molecular complexity index is 1010. The van der Waals surface area contributed by atoms with Crippen molar-refractivity contribution in [3.63, 3.8) is 0 Å². The van der Waals surface area contributed by atoms with E-state index in [1.807, 2.05) is 0 Å². The van der Waals surface area contributed by atoms with E-state index in [2.05, 4.69) is 20.0 Å². The number of alkyl halides is 6. The van der Waals surface area contributed by atoms with Crippen LogP contribution in [-0.2, 0) is 12.4 Å². The fraction of sp³-hybridized carbons (Fsp3) is 0.167. The van der Waals surface area contributed by atoms with E-state index in [1.54, 1.807) is 0 Å². The van der Waals surface area contributed by atoms with Crippen molar-refractivity contribution < 1.29 is 35.7 Å². The summed E-state index contributed by atoms with van der Waals surface area (Å²) in [5, 5.41) is 5.84. The number of carbonyl (C=O) groups excluding carboxylic acids is 1. The van der Waals surface area contributed by atoms with Gasteiger partial charge >= 0.3 is 18.2 Å². The lowest BCUT2D eigenvalue weighted by atomic mass is 10.1. The molecule has 0 aliphatic rings. The van der Waals surface area contributed by atoms with Gasteiger partial charge in [0.05, 0.1) is 12.1 Å². The zero-order chi connectivity index (χ0) is 21.2. The molecule has 3 rings (SSSR count). The molecule has 3 aromatic rings. The number of carbonyl (C=O) groups is 1. The Morgan fingerprint density at radius 1 is 0.966 bits per heavy atom. The van der Waals surface area contributed by atoms with Crippen molar-refractivity contribution >= 4 is 11.5 Å². The molecule has 11 heteroatoms. The Balaban J connectivity index is 1.66. The van der Waals surface area contributed by atoms with Gasteiger partial charge < -0.3 is 9.84 Å². The topological polar surface area (TPSA) is 68.0 Å². The molecule has 5 nitrogen and oxygen atoms in total. The Morgan fingerprint density at radius 2 is 1.66 bits per heavy atom. The van der Waals surface area contributed by atoms with Gasteiger partial charge in [0.25, 0.3) is 0 Å². The zero-order valence-electron chi connectivity index (χ0n) is 14.3. The van der Waals surface area contributed by atoms with Crippen molar-refractivity contribution in [1.29, 1.82) is 0 Å². The first-order valence-electron chi connectivity index (χ1n) is 8.00. The van der Waals surface area contributed by atoms with Crippen LogP contribution in [0.25, 0.3) is 11.4 Å². The summed E-state index contributed by atoms with van der Waals surface area (Å²) in [6.07, 6.45) is -9.27. The van der Waals surface area contributed by atoms with E-state index in [0.29, 0.717) is 0 Å². The summed E-state index contributed by atoms with van der Waals surface area (Å²) in [7, 11) is 0. The molecule has 1 N–H and O–H groups in total. The van der Waals surface area contributed by atoms with Crippen molar-refractivity contribution in [2.24, 2.45) is 0 Å². The number of nitrogens with zero attached hydrogens (tertiary/aromatic N) is 2. The Hall–Kier alpha value is -3.37. The van der Waals surface area contributed by atoms with Crippen LogP contribution in [0, 0.1) is 0 Å². The van der Waals surface area contributed by atoms with Crippen LogP contribution < -0.4 is 5.32 Å². The molecular weight excluding hydrogens is 404 g/mol. The summed E-state index contributed by atoms with van der Waals surface area (Å²) in [6.45, 7) is -0.277. The van der Waals surface area contributed by atoms with E-state index < -0.39 is 29.6 Å². The molecule has 0 saturated heterocycles. The Morgan fingerprint density at radius 3 is 2.24 bits per heavy atom. The molecule has 2 aromatic carbocycles. The lowest BCUT2D eigenvalue weighted by molar-refractivity contribution is -0.159. The molecule has 0 atom stereocenters. The maximum Gasteiger partial charge on any atom is 0.471 e. The minimum Gasteiger partial charge on any atom is -0.378 e. The molecule has 29 heavy (non-hydrogen) atoms. The van der Waals surface area contributed by atoms with E-state index in [9.17, 15) is 31.1 Å². The number of nitrogens with one attached hydrogen (secondary N) is 1. The summed E-state index contributed by atoms with van der Waals surface area (Å²) < 4.78 is 79.7. The van der Waals surface area contributed by atoms with Crippen LogP contribution in [0.4, 0.5) is 32.0 Å². The first-order valence-corrected chi connectivity index (χ1v) is 8.00. The number of benzene rings is 2. The van der Waals surface area contributed by atoms with Crippen LogP contribution in [-0.4, -0.2) is 22.5 Å². The summed E-state index contributed by atoms with van der Waals surface area (Å²) in [4.78, 5) is 15.4. The molecule has 0 spiro atoms. The highest BCUT2D eigenvalue weighted by atomic mass is 19.4. The van der Waals surface area contributed by atoms with E-state index in [4.69, 9.17) is 0 Å². The smallest absolute Gasteiger partial charge is 0.378 e. The standard InChI is InChI=1S/C18H11F6N3O2/c19-17(20,21)12-2-1-3-13(8-12)25-9-14(28)10-4-6-11(7-5-10)15-26-16(29-27-15)18(22,23)24/h1-8,25H,9H2. The second-order valence-electron chi connectivity index (χ2n) is 5.85. The van der Waals surface area contributed by atoms with Crippen LogP contribution in [0.5, 0.6) is 0 Å². The molecule has 0 aliphatic carbocycles. The minimum absolute atomic E-state index is 0.122. The molecule has 0 fully saturated rings. The maximum atomic E-state index is 12.7. The fourth-order valence-corrected chi connectivity index (χ4v) is 2.35. The van der Waals surface area contributed by atoms with E-state index in [1.165, 1.54) is 36.4 Å². The van der Waals surface area contributed by atoms with Gasteiger partial charge in [-0.05, 0) is 18.2 Å². The van der Waals surface area contributed by atoms with E-state index >= 15 is 0 Å². The predicted octanol–water partition coefficient (Wildman–Crippen LogP) is 5.07. The van der Waals surface area contributed by atoms with E-state index in [0.717, 1.165) is 12.1 Å². The summed E-state index contributed by atoms with van der Waals surface area (Å²) in [5.74, 6) is -2.21. The average Bonchev–Trinajstić information content (AvgIpc) is 3.16. The van der Waals surface area contributed by atoms with Crippen LogP contribution in [0.1, 0.15) is 21.8 Å². The highest BCUT2D eigenvalue weighted by Crippen LogP contribution is 2.31. The average molecular weight is 415 g/mol. The number of rotatable bonds is 5. The third-order valence-electron chi connectivity index (χ3n) is 3.78. The van der Waals surface area contributed by atoms with Gasteiger partial charge in [-0.2, -0.15) is 31.3 Å². The van der Waals surface area contributed by atoms with Crippen molar-refractivity contribution in [1.82, 2.24) is 10.1 Å². The third kappa shape index (κ3) is 4.92. The highest BCUT2D eigenvalue weighted by Gasteiger charge is 2.38. The van der Waals surface area contributed by atoms with Gasteiger partial charge in [0.15, 0.2) is 5.78 Å². The first kappa shape index (κ1) is 20.4. The lowest BCUT2D eigenvalue weighted by Crippen LogP contribution is -2.14. The molecule has 1 heterocycles. The Labute approximate surface area is 159 Å². The van der Waals surface area contributed by atoms with Crippen molar-refractivity contribution in [3.05, 3.63) is 65.5 Å². The largest absolute Gasteiger partial charge is 0.471 e. The van der Waals surface area contributed by atoms with Crippen LogP contribution in [0.3, 0.4) is 0 Å². The molecule has 0 saturated carbocycles. The second-order valence-corrected chi connectivity index (χ2v) is 5.85. The number of aromatic nitrogens is 2. The van der Waals surface area contributed by atoms with Crippen molar-refractivity contribution in [3.8, 4) is 11.4 Å². The number of hydrogen-bond donors (Lipinski definition) is 1. The van der Waals surface area contributed by atoms with Gasteiger partial charge in [0, 0.05) is 16.8 Å². The van der Waals surface area contributed by atoms with Gasteiger partial charge in [-0.15, -0.1) is 0 Å². The number of Topliss-reactive ketones (excluding diaryl/α,β-unsaturated/α-hetero) is 1. The molecular formula is C18H11F6N3O2. The Kier molecular flexibility index (Phi) is 5.31. The quantitative estimate of drug-likeness (QED) is 0.466. The minimum atomic E-state index is -4.77. The number of halogens is 6. The van der Waals surface area contributed by atoms with Gasteiger partial charge in [-0.25, -0.2) is 0 Å². The number of hydrogen-bond acceptors (Lipinski definition) is 5. The molecule has 152 valence electrons. The van der Waals surface area contributed by atoms with Gasteiger partial charge in [0.1, 0.15) is 0 Å². The molecule has 0 unspecified atom stereocenters. The molecule has 0 aliphatic heterocycles. The van der Waals surface area contributed by atoms with Gasteiger partial charge in [-0.3, -0.25) is 4.79 Å². The predicted molar refractivity (Wildman–Crippen MR) is 89.0 cm³/mol. The molecule has 0 radical (unpaired) electrons.